The van der Waals surface area contributed by atoms with Crippen LogP contribution in [0.1, 0.15) is 5.69 Å². The average Bonchev–Trinajstić information content (AvgIpc) is 3.09. The summed E-state index contributed by atoms with van der Waals surface area (Å²) in [7, 11) is 0. The normalized spacial score (nSPS) is 28.9. The second-order valence-electron chi connectivity index (χ2n) is 5.24. The van der Waals surface area contributed by atoms with E-state index in [4.69, 9.17) is 5.11 Å². The maximum absolute atomic E-state index is 9.97. The summed E-state index contributed by atoms with van der Waals surface area (Å²) in [5, 5.41) is 40.0. The first-order valence-corrected chi connectivity index (χ1v) is 6.88. The van der Waals surface area contributed by atoms with E-state index >= 15 is 0 Å². The summed E-state index contributed by atoms with van der Waals surface area (Å²) in [5.74, 6) is 0. The number of hydrogen-bond acceptors (Lipinski definition) is 6. The van der Waals surface area contributed by atoms with E-state index in [1.165, 1.54) is 0 Å². The summed E-state index contributed by atoms with van der Waals surface area (Å²) in [6, 6.07) is 8.75. The topological polar surface area (TPSA) is 103 Å². The van der Waals surface area contributed by atoms with Gasteiger partial charge in [0.25, 0.3) is 0 Å². The number of benzene rings is 1. The molecule has 0 saturated carbocycles. The summed E-state index contributed by atoms with van der Waals surface area (Å²) in [4.78, 5) is 0. The van der Waals surface area contributed by atoms with Crippen molar-refractivity contribution < 1.29 is 15.3 Å². The van der Waals surface area contributed by atoms with Gasteiger partial charge in [-0.2, -0.15) is 0 Å². The van der Waals surface area contributed by atoms with Crippen LogP contribution >= 0.6 is 0 Å². The molecular weight excluding hydrogens is 272 g/mol. The lowest BCUT2D eigenvalue weighted by Gasteiger charge is -2.13. The molecule has 1 aliphatic rings. The second kappa shape index (κ2) is 5.90. The van der Waals surface area contributed by atoms with Crippen LogP contribution in [0.25, 0.3) is 5.69 Å². The quantitative estimate of drug-likeness (QED) is 0.568. The van der Waals surface area contributed by atoms with E-state index in [1.54, 1.807) is 10.9 Å². The van der Waals surface area contributed by atoms with E-state index in [2.05, 4.69) is 15.6 Å². The fraction of sp³-hybridized carbons (Fsp3) is 0.429. The van der Waals surface area contributed by atoms with Crippen LogP contribution in [0.3, 0.4) is 0 Å². The van der Waals surface area contributed by atoms with Gasteiger partial charge in [0.05, 0.1) is 42.4 Å². The molecule has 1 aromatic heterocycles. The smallest absolute Gasteiger partial charge is 0.0989 e. The summed E-state index contributed by atoms with van der Waals surface area (Å²) < 4.78 is 1.66. The first kappa shape index (κ1) is 14.2. The van der Waals surface area contributed by atoms with Gasteiger partial charge in [0.2, 0.25) is 0 Å². The Hall–Kier alpha value is -1.80. The Labute approximate surface area is 121 Å². The number of rotatable bonds is 4. The van der Waals surface area contributed by atoms with Crippen molar-refractivity contribution in [3.63, 3.8) is 0 Å². The largest absolute Gasteiger partial charge is 0.395 e. The Morgan fingerprint density at radius 2 is 1.81 bits per heavy atom. The van der Waals surface area contributed by atoms with Crippen LogP contribution in [-0.4, -0.2) is 61.2 Å². The van der Waals surface area contributed by atoms with Gasteiger partial charge in [-0.25, -0.2) is 4.68 Å². The summed E-state index contributed by atoms with van der Waals surface area (Å²) in [6.45, 7) is -0.217. The minimum absolute atomic E-state index is 0.217. The highest BCUT2D eigenvalue weighted by Gasteiger charge is 2.40. The van der Waals surface area contributed by atoms with E-state index in [0.717, 1.165) is 5.69 Å². The highest BCUT2D eigenvalue weighted by molar-refractivity contribution is 5.30. The van der Waals surface area contributed by atoms with Crippen LogP contribution in [0.15, 0.2) is 36.5 Å². The minimum atomic E-state index is -0.968. The van der Waals surface area contributed by atoms with Gasteiger partial charge in [-0.15, -0.1) is 5.10 Å². The predicted octanol–water partition coefficient (Wildman–Crippen LogP) is -1.14. The molecule has 112 valence electrons. The molecule has 0 bridgehead atoms. The zero-order valence-electron chi connectivity index (χ0n) is 11.4. The SMILES string of the molecule is OC[C@@H]1N[C@H](Cc2cn(-c3ccccc3)nn2)[C@H](O)[C@H]1O. The number of nitrogens with zero attached hydrogens (tertiary/aromatic N) is 3. The highest BCUT2D eigenvalue weighted by atomic mass is 16.3. The van der Waals surface area contributed by atoms with Crippen molar-refractivity contribution in [2.75, 3.05) is 6.61 Å². The molecule has 1 aromatic carbocycles. The van der Waals surface area contributed by atoms with Crippen LogP contribution in [0.5, 0.6) is 0 Å². The van der Waals surface area contributed by atoms with Gasteiger partial charge >= 0.3 is 0 Å². The molecule has 1 fully saturated rings. The van der Waals surface area contributed by atoms with Crippen molar-refractivity contribution in [1.82, 2.24) is 20.3 Å². The predicted molar refractivity (Wildman–Crippen MR) is 74.9 cm³/mol. The zero-order valence-corrected chi connectivity index (χ0v) is 11.4. The molecule has 1 saturated heterocycles. The van der Waals surface area contributed by atoms with Gasteiger partial charge in [-0.1, -0.05) is 23.4 Å². The van der Waals surface area contributed by atoms with Crippen LogP contribution in [0, 0.1) is 0 Å². The molecule has 4 N–H and O–H groups in total. The zero-order chi connectivity index (χ0) is 14.8. The summed E-state index contributed by atoms with van der Waals surface area (Å²) in [6.07, 6.45) is 0.331. The van der Waals surface area contributed by atoms with Gasteiger partial charge in [0.1, 0.15) is 0 Å². The van der Waals surface area contributed by atoms with E-state index in [0.29, 0.717) is 12.1 Å². The highest BCUT2D eigenvalue weighted by Crippen LogP contribution is 2.17. The van der Waals surface area contributed by atoms with Crippen LogP contribution in [0.2, 0.25) is 0 Å². The first-order valence-electron chi connectivity index (χ1n) is 6.88. The minimum Gasteiger partial charge on any atom is -0.395 e. The Kier molecular flexibility index (Phi) is 3.98. The fourth-order valence-corrected chi connectivity index (χ4v) is 2.61. The van der Waals surface area contributed by atoms with Gasteiger partial charge in [-0.05, 0) is 12.1 Å². The number of hydrogen-bond donors (Lipinski definition) is 4. The lowest BCUT2D eigenvalue weighted by Crippen LogP contribution is -2.37. The number of aliphatic hydroxyl groups is 3. The van der Waals surface area contributed by atoms with E-state index in [9.17, 15) is 10.2 Å². The molecule has 0 radical (unpaired) electrons. The van der Waals surface area contributed by atoms with Gasteiger partial charge in [-0.3, -0.25) is 0 Å². The third-order valence-electron chi connectivity index (χ3n) is 3.79. The maximum Gasteiger partial charge on any atom is 0.0989 e. The lowest BCUT2D eigenvalue weighted by atomic mass is 10.0. The Bertz CT molecular complexity index is 589. The molecule has 0 aliphatic carbocycles. The molecule has 0 spiro atoms. The second-order valence-corrected chi connectivity index (χ2v) is 5.24. The summed E-state index contributed by atoms with van der Waals surface area (Å²) in [5.41, 5.74) is 1.62. The van der Waals surface area contributed by atoms with E-state index < -0.39 is 18.2 Å². The van der Waals surface area contributed by atoms with Crippen molar-refractivity contribution in [1.29, 1.82) is 0 Å². The van der Waals surface area contributed by atoms with Crippen molar-refractivity contribution in [2.24, 2.45) is 0 Å². The number of aliphatic hydroxyl groups excluding tert-OH is 3. The first-order chi connectivity index (χ1) is 10.2. The Morgan fingerprint density at radius 1 is 1.10 bits per heavy atom. The molecule has 3 rings (SSSR count). The van der Waals surface area contributed by atoms with E-state index in [1.807, 2.05) is 30.3 Å². The fourth-order valence-electron chi connectivity index (χ4n) is 2.61. The van der Waals surface area contributed by atoms with Gasteiger partial charge in [0, 0.05) is 12.5 Å². The van der Waals surface area contributed by atoms with Crippen molar-refractivity contribution in [3.8, 4) is 5.69 Å². The van der Waals surface area contributed by atoms with Crippen LogP contribution in [0.4, 0.5) is 0 Å². The lowest BCUT2D eigenvalue weighted by molar-refractivity contribution is 0.0196. The van der Waals surface area contributed by atoms with Crippen LogP contribution in [-0.2, 0) is 6.42 Å². The number of para-hydroxylation sites is 1. The molecule has 21 heavy (non-hydrogen) atoms. The van der Waals surface area contributed by atoms with E-state index in [-0.39, 0.29) is 12.6 Å². The molecule has 1 aliphatic heterocycles. The third kappa shape index (κ3) is 2.81. The van der Waals surface area contributed by atoms with Crippen molar-refractivity contribution in [2.45, 2.75) is 30.7 Å². The number of nitrogens with one attached hydrogen (secondary N) is 1. The number of aromatic nitrogens is 3. The average molecular weight is 290 g/mol. The third-order valence-corrected chi connectivity index (χ3v) is 3.79. The summed E-state index contributed by atoms with van der Waals surface area (Å²) >= 11 is 0. The van der Waals surface area contributed by atoms with Crippen molar-refractivity contribution in [3.05, 3.63) is 42.2 Å². The monoisotopic (exact) mass is 290 g/mol. The maximum atomic E-state index is 9.97. The Balaban J connectivity index is 1.71. The van der Waals surface area contributed by atoms with Gasteiger partial charge < -0.3 is 20.6 Å². The molecule has 0 amide bonds. The molecule has 0 unspecified atom stereocenters. The standard InChI is InChI=1S/C14H18N4O3/c19-8-12-14(21)13(20)11(15-12)6-9-7-18(17-16-9)10-4-2-1-3-5-10/h1-5,7,11-15,19-21H,6,8H2/t11-,12+,13+,14+/m1/s1. The van der Waals surface area contributed by atoms with Crippen LogP contribution < -0.4 is 5.32 Å². The molecule has 2 aromatic rings. The molecule has 7 heteroatoms. The molecule has 7 nitrogen and oxygen atoms in total. The molecular formula is C14H18N4O3. The van der Waals surface area contributed by atoms with Gasteiger partial charge in [0.15, 0.2) is 0 Å². The molecule has 4 atom stereocenters. The molecule has 2 heterocycles. The Morgan fingerprint density at radius 3 is 2.48 bits per heavy atom. The van der Waals surface area contributed by atoms with Crippen molar-refractivity contribution >= 4 is 0 Å².